The van der Waals surface area contributed by atoms with Crippen LogP contribution < -0.4 is 22.3 Å². The predicted octanol–water partition coefficient (Wildman–Crippen LogP) is 0.956. The first-order valence-electron chi connectivity index (χ1n) is 5.17. The van der Waals surface area contributed by atoms with Gasteiger partial charge in [-0.15, -0.1) is 0 Å². The van der Waals surface area contributed by atoms with Gasteiger partial charge in [-0.25, -0.2) is 5.84 Å². The second-order valence-electron chi connectivity index (χ2n) is 3.48. The lowest BCUT2D eigenvalue weighted by atomic mass is 10.2. The quantitative estimate of drug-likeness (QED) is 0.461. The minimum absolute atomic E-state index is 0.177. The molecule has 0 spiro atoms. The van der Waals surface area contributed by atoms with Crippen molar-refractivity contribution < 1.29 is 0 Å². The number of nitrogen functional groups attached to an aromatic ring is 2. The Morgan fingerprint density at radius 2 is 1.76 bits per heavy atom. The molecule has 6 nitrogen and oxygen atoms in total. The van der Waals surface area contributed by atoms with E-state index in [0.717, 1.165) is 5.56 Å². The van der Waals surface area contributed by atoms with Crippen LogP contribution in [0.3, 0.4) is 0 Å². The van der Waals surface area contributed by atoms with Crippen molar-refractivity contribution in [2.75, 3.05) is 16.5 Å². The molecule has 6 N–H and O–H groups in total. The molecule has 0 aliphatic rings. The molecular weight excluding hydrogens is 216 g/mol. The minimum Gasteiger partial charge on any atom is -0.368 e. The van der Waals surface area contributed by atoms with Gasteiger partial charge in [-0.1, -0.05) is 30.3 Å². The summed E-state index contributed by atoms with van der Waals surface area (Å²) in [5.41, 5.74) is 9.14. The van der Waals surface area contributed by atoms with Gasteiger partial charge in [0.15, 0.2) is 0 Å². The average Bonchev–Trinajstić information content (AvgIpc) is 2.37. The van der Waals surface area contributed by atoms with Crippen molar-refractivity contribution in [2.45, 2.75) is 6.54 Å². The van der Waals surface area contributed by atoms with E-state index in [4.69, 9.17) is 11.6 Å². The minimum atomic E-state index is 0.177. The van der Waals surface area contributed by atoms with Gasteiger partial charge in [-0.3, -0.25) is 0 Å². The number of nitrogens with one attached hydrogen (secondary N) is 2. The van der Waals surface area contributed by atoms with Crippen LogP contribution in [0.5, 0.6) is 0 Å². The summed E-state index contributed by atoms with van der Waals surface area (Å²) >= 11 is 0. The predicted molar refractivity (Wildman–Crippen MR) is 68.0 cm³/mol. The fraction of sp³-hybridized carbons (Fsp3) is 0.0909. The zero-order valence-corrected chi connectivity index (χ0v) is 9.22. The number of nitrogens with zero attached hydrogens (tertiary/aromatic N) is 2. The van der Waals surface area contributed by atoms with Crippen molar-refractivity contribution in [3.05, 3.63) is 42.0 Å². The van der Waals surface area contributed by atoms with Gasteiger partial charge in [0.05, 0.1) is 0 Å². The molecule has 6 heteroatoms. The van der Waals surface area contributed by atoms with Crippen LogP contribution in [0.4, 0.5) is 17.6 Å². The molecule has 0 bridgehead atoms. The maximum absolute atomic E-state index is 5.55. The Morgan fingerprint density at radius 1 is 1.06 bits per heavy atom. The highest BCUT2D eigenvalue weighted by molar-refractivity contribution is 5.50. The normalized spacial score (nSPS) is 9.94. The van der Waals surface area contributed by atoms with E-state index < -0.39 is 0 Å². The molecule has 17 heavy (non-hydrogen) atoms. The highest BCUT2D eigenvalue weighted by Gasteiger charge is 2.00. The molecule has 0 aliphatic heterocycles. The molecule has 1 aromatic carbocycles. The fourth-order valence-corrected chi connectivity index (χ4v) is 1.42. The van der Waals surface area contributed by atoms with Gasteiger partial charge in [0.2, 0.25) is 5.95 Å². The summed E-state index contributed by atoms with van der Waals surface area (Å²) < 4.78 is 0. The van der Waals surface area contributed by atoms with Crippen LogP contribution in [0, 0.1) is 0 Å². The smallest absolute Gasteiger partial charge is 0.223 e. The van der Waals surface area contributed by atoms with Crippen molar-refractivity contribution in [1.82, 2.24) is 9.97 Å². The van der Waals surface area contributed by atoms with E-state index in [1.807, 2.05) is 30.3 Å². The number of rotatable bonds is 4. The lowest BCUT2D eigenvalue weighted by Gasteiger charge is -2.07. The van der Waals surface area contributed by atoms with Crippen molar-refractivity contribution in [1.29, 1.82) is 0 Å². The molecule has 0 radical (unpaired) electrons. The first kappa shape index (κ1) is 11.2. The Hall–Kier alpha value is -2.34. The molecule has 0 unspecified atom stereocenters. The van der Waals surface area contributed by atoms with Crippen molar-refractivity contribution in [2.24, 2.45) is 5.84 Å². The SMILES string of the molecule is NNc1cc(NCc2ccccc2)nc(N)n1. The van der Waals surface area contributed by atoms with Gasteiger partial charge in [-0.05, 0) is 5.56 Å². The summed E-state index contributed by atoms with van der Waals surface area (Å²) in [5, 5.41) is 3.15. The number of benzene rings is 1. The lowest BCUT2D eigenvalue weighted by molar-refractivity contribution is 1.08. The molecule has 2 rings (SSSR count). The second-order valence-corrected chi connectivity index (χ2v) is 3.48. The van der Waals surface area contributed by atoms with E-state index in [-0.39, 0.29) is 5.95 Å². The lowest BCUT2D eigenvalue weighted by Crippen LogP contribution is -2.12. The molecular formula is C11H14N6. The molecule has 0 aliphatic carbocycles. The summed E-state index contributed by atoms with van der Waals surface area (Å²) in [5.74, 6) is 6.56. The zero-order chi connectivity index (χ0) is 12.1. The van der Waals surface area contributed by atoms with E-state index in [0.29, 0.717) is 18.2 Å². The topological polar surface area (TPSA) is 102 Å². The Balaban J connectivity index is 2.06. The van der Waals surface area contributed by atoms with Crippen LogP contribution in [0.2, 0.25) is 0 Å². The van der Waals surface area contributed by atoms with Gasteiger partial charge in [-0.2, -0.15) is 9.97 Å². The van der Waals surface area contributed by atoms with Crippen molar-refractivity contribution in [3.8, 4) is 0 Å². The fourth-order valence-electron chi connectivity index (χ4n) is 1.42. The molecule has 1 aromatic heterocycles. The first-order valence-corrected chi connectivity index (χ1v) is 5.17. The zero-order valence-electron chi connectivity index (χ0n) is 9.22. The molecule has 0 saturated carbocycles. The molecule has 0 amide bonds. The maximum Gasteiger partial charge on any atom is 0.223 e. The number of hydrogen-bond acceptors (Lipinski definition) is 6. The van der Waals surface area contributed by atoms with Gasteiger partial charge in [0.25, 0.3) is 0 Å². The third-order valence-corrected chi connectivity index (χ3v) is 2.21. The maximum atomic E-state index is 5.55. The van der Waals surface area contributed by atoms with Crippen LogP contribution in [0.1, 0.15) is 5.56 Å². The van der Waals surface area contributed by atoms with E-state index >= 15 is 0 Å². The van der Waals surface area contributed by atoms with E-state index in [9.17, 15) is 0 Å². The van der Waals surface area contributed by atoms with Crippen LogP contribution in [0.15, 0.2) is 36.4 Å². The largest absolute Gasteiger partial charge is 0.368 e. The van der Waals surface area contributed by atoms with E-state index in [1.54, 1.807) is 6.07 Å². The second kappa shape index (κ2) is 5.13. The molecule has 0 atom stereocenters. The third-order valence-electron chi connectivity index (χ3n) is 2.21. The summed E-state index contributed by atoms with van der Waals surface area (Å²) in [4.78, 5) is 7.95. The summed E-state index contributed by atoms with van der Waals surface area (Å²) in [6.45, 7) is 0.668. The highest BCUT2D eigenvalue weighted by Crippen LogP contribution is 2.12. The van der Waals surface area contributed by atoms with Crippen LogP contribution in [-0.4, -0.2) is 9.97 Å². The Morgan fingerprint density at radius 3 is 2.47 bits per heavy atom. The van der Waals surface area contributed by atoms with Gasteiger partial charge < -0.3 is 16.5 Å². The molecule has 88 valence electrons. The van der Waals surface area contributed by atoms with E-state index in [2.05, 4.69) is 20.7 Å². The first-order chi connectivity index (χ1) is 8.28. The van der Waals surface area contributed by atoms with Gasteiger partial charge >= 0.3 is 0 Å². The Kier molecular flexibility index (Phi) is 3.37. The summed E-state index contributed by atoms with van der Waals surface area (Å²) in [7, 11) is 0. The summed E-state index contributed by atoms with van der Waals surface area (Å²) in [6.07, 6.45) is 0. The standard InChI is InChI=1S/C11H14N6/c12-11-15-9(6-10(16-11)17-13)14-7-8-4-2-1-3-5-8/h1-6H,7,13H2,(H4,12,14,15,16,17). The van der Waals surface area contributed by atoms with Crippen LogP contribution in [0.25, 0.3) is 0 Å². The number of aromatic nitrogens is 2. The molecule has 0 fully saturated rings. The van der Waals surface area contributed by atoms with Crippen LogP contribution >= 0.6 is 0 Å². The van der Waals surface area contributed by atoms with Gasteiger partial charge in [0, 0.05) is 12.6 Å². The molecule has 2 aromatic rings. The van der Waals surface area contributed by atoms with Gasteiger partial charge in [0.1, 0.15) is 11.6 Å². The highest BCUT2D eigenvalue weighted by atomic mass is 15.3. The number of nitrogens with two attached hydrogens (primary N) is 2. The van der Waals surface area contributed by atoms with E-state index in [1.165, 1.54) is 0 Å². The van der Waals surface area contributed by atoms with Crippen molar-refractivity contribution in [3.63, 3.8) is 0 Å². The average molecular weight is 230 g/mol. The third kappa shape index (κ3) is 3.05. The number of anilines is 3. The number of hydrogen-bond donors (Lipinski definition) is 4. The Bertz CT molecular complexity index is 485. The van der Waals surface area contributed by atoms with Crippen molar-refractivity contribution >= 4 is 17.6 Å². The number of hydrazine groups is 1. The van der Waals surface area contributed by atoms with Crippen LogP contribution in [-0.2, 0) is 6.54 Å². The monoisotopic (exact) mass is 230 g/mol. The summed E-state index contributed by atoms with van der Waals surface area (Å²) in [6, 6.07) is 11.7. The molecule has 0 saturated heterocycles. The molecule has 1 heterocycles. The Labute approximate surface area is 99.0 Å².